The summed E-state index contributed by atoms with van der Waals surface area (Å²) in [6.07, 6.45) is 4.58. The van der Waals surface area contributed by atoms with E-state index in [9.17, 15) is 0 Å². The standard InChI is InChI=1S/C17H19NO/c1-2-13-19-14-12-18-11-10-16-8-5-7-15-6-3-4-9-17(15)16/h2-9,11H,1,10,12-14H2. The molecule has 98 valence electrons. The first-order valence-electron chi connectivity index (χ1n) is 6.55. The third-order valence-electron chi connectivity index (χ3n) is 2.92. The minimum absolute atomic E-state index is 0.596. The van der Waals surface area contributed by atoms with E-state index in [4.69, 9.17) is 4.74 Å². The normalized spacial score (nSPS) is 11.2. The summed E-state index contributed by atoms with van der Waals surface area (Å²) in [5.41, 5.74) is 1.31. The zero-order chi connectivity index (χ0) is 13.3. The number of hydrogen-bond acceptors (Lipinski definition) is 2. The Labute approximate surface area is 114 Å². The second-order valence-electron chi connectivity index (χ2n) is 4.29. The monoisotopic (exact) mass is 253 g/mol. The average Bonchev–Trinajstić information content (AvgIpc) is 2.46. The molecule has 2 rings (SSSR count). The zero-order valence-corrected chi connectivity index (χ0v) is 11.1. The lowest BCUT2D eigenvalue weighted by atomic mass is 10.0. The first-order valence-corrected chi connectivity index (χ1v) is 6.55. The van der Waals surface area contributed by atoms with Crippen molar-refractivity contribution in [3.8, 4) is 0 Å². The van der Waals surface area contributed by atoms with Gasteiger partial charge in [-0.05, 0) is 16.3 Å². The summed E-state index contributed by atoms with van der Waals surface area (Å²) in [7, 11) is 0. The van der Waals surface area contributed by atoms with Gasteiger partial charge in [0.05, 0.1) is 19.8 Å². The van der Waals surface area contributed by atoms with E-state index in [2.05, 4.69) is 54.0 Å². The summed E-state index contributed by atoms with van der Waals surface area (Å²) in [5.74, 6) is 0. The van der Waals surface area contributed by atoms with Gasteiger partial charge in [0.1, 0.15) is 0 Å². The van der Waals surface area contributed by atoms with Gasteiger partial charge >= 0.3 is 0 Å². The van der Waals surface area contributed by atoms with Gasteiger partial charge in [-0.1, -0.05) is 48.5 Å². The summed E-state index contributed by atoms with van der Waals surface area (Å²) in [6, 6.07) is 14.8. The Balaban J connectivity index is 1.91. The molecule has 0 aromatic heterocycles. The highest BCUT2D eigenvalue weighted by atomic mass is 16.5. The van der Waals surface area contributed by atoms with Crippen LogP contribution in [0.5, 0.6) is 0 Å². The van der Waals surface area contributed by atoms with E-state index in [0.29, 0.717) is 19.8 Å². The van der Waals surface area contributed by atoms with Crippen LogP contribution in [0.3, 0.4) is 0 Å². The Morgan fingerprint density at radius 3 is 2.84 bits per heavy atom. The van der Waals surface area contributed by atoms with Crippen molar-refractivity contribution in [3.63, 3.8) is 0 Å². The molecular formula is C17H19NO. The Morgan fingerprint density at radius 1 is 1.11 bits per heavy atom. The van der Waals surface area contributed by atoms with Gasteiger partial charge in [-0.3, -0.25) is 4.99 Å². The Bertz CT molecular complexity index is 555. The SMILES string of the molecule is C=CCOCCN=CCc1cccc2ccccc12. The Morgan fingerprint density at radius 2 is 1.95 bits per heavy atom. The molecular weight excluding hydrogens is 234 g/mol. The van der Waals surface area contributed by atoms with Crippen LogP contribution in [0, 0.1) is 0 Å². The molecule has 0 fully saturated rings. The molecule has 0 saturated heterocycles. The molecule has 2 nitrogen and oxygen atoms in total. The van der Waals surface area contributed by atoms with Gasteiger partial charge in [0.15, 0.2) is 0 Å². The Kier molecular flexibility index (Phi) is 5.32. The van der Waals surface area contributed by atoms with E-state index in [1.165, 1.54) is 16.3 Å². The smallest absolute Gasteiger partial charge is 0.0666 e. The number of ether oxygens (including phenoxy) is 1. The molecule has 0 amide bonds. The molecule has 0 radical (unpaired) electrons. The van der Waals surface area contributed by atoms with Crippen molar-refractivity contribution < 1.29 is 4.74 Å². The van der Waals surface area contributed by atoms with Crippen molar-refractivity contribution in [2.75, 3.05) is 19.8 Å². The highest BCUT2D eigenvalue weighted by Crippen LogP contribution is 2.18. The van der Waals surface area contributed by atoms with Crippen LogP contribution in [-0.4, -0.2) is 26.0 Å². The molecule has 0 heterocycles. The van der Waals surface area contributed by atoms with Crippen LogP contribution >= 0.6 is 0 Å². The molecule has 0 unspecified atom stereocenters. The van der Waals surface area contributed by atoms with Gasteiger partial charge in [-0.25, -0.2) is 0 Å². The molecule has 0 aliphatic heterocycles. The highest BCUT2D eigenvalue weighted by molar-refractivity contribution is 5.87. The number of nitrogens with zero attached hydrogens (tertiary/aromatic N) is 1. The summed E-state index contributed by atoms with van der Waals surface area (Å²) >= 11 is 0. The molecule has 2 heteroatoms. The third-order valence-corrected chi connectivity index (χ3v) is 2.92. The number of fused-ring (bicyclic) bond motifs is 1. The van der Waals surface area contributed by atoms with Gasteiger partial charge in [0, 0.05) is 12.6 Å². The maximum absolute atomic E-state index is 5.27. The number of aliphatic imine (C=N–C) groups is 1. The van der Waals surface area contributed by atoms with Crippen molar-refractivity contribution in [1.29, 1.82) is 0 Å². The molecule has 0 atom stereocenters. The fourth-order valence-corrected chi connectivity index (χ4v) is 2.01. The molecule has 2 aromatic carbocycles. The summed E-state index contributed by atoms with van der Waals surface area (Å²) in [4.78, 5) is 4.36. The summed E-state index contributed by atoms with van der Waals surface area (Å²) < 4.78 is 5.27. The lowest BCUT2D eigenvalue weighted by molar-refractivity contribution is 0.171. The minimum Gasteiger partial charge on any atom is -0.375 e. The van der Waals surface area contributed by atoms with Gasteiger partial charge < -0.3 is 4.74 Å². The fraction of sp³-hybridized carbons (Fsp3) is 0.235. The van der Waals surface area contributed by atoms with Crippen molar-refractivity contribution in [3.05, 3.63) is 60.7 Å². The maximum Gasteiger partial charge on any atom is 0.0666 e. The molecule has 0 spiro atoms. The number of hydrogen-bond donors (Lipinski definition) is 0. The maximum atomic E-state index is 5.27. The van der Waals surface area contributed by atoms with Crippen LogP contribution in [0.2, 0.25) is 0 Å². The second kappa shape index (κ2) is 7.49. The van der Waals surface area contributed by atoms with Crippen molar-refractivity contribution >= 4 is 17.0 Å². The van der Waals surface area contributed by atoms with Crippen LogP contribution in [-0.2, 0) is 11.2 Å². The molecule has 0 aliphatic rings. The first kappa shape index (κ1) is 13.5. The van der Waals surface area contributed by atoms with E-state index in [-0.39, 0.29) is 0 Å². The fourth-order valence-electron chi connectivity index (χ4n) is 2.01. The molecule has 0 aliphatic carbocycles. The molecule has 19 heavy (non-hydrogen) atoms. The molecule has 2 aromatic rings. The third kappa shape index (κ3) is 4.04. The van der Waals surface area contributed by atoms with Crippen LogP contribution in [0.25, 0.3) is 10.8 Å². The largest absolute Gasteiger partial charge is 0.375 e. The average molecular weight is 253 g/mol. The lowest BCUT2D eigenvalue weighted by Crippen LogP contribution is -1.98. The topological polar surface area (TPSA) is 21.6 Å². The molecule has 0 N–H and O–H groups in total. The minimum atomic E-state index is 0.596. The van der Waals surface area contributed by atoms with Crippen molar-refractivity contribution in [2.24, 2.45) is 4.99 Å². The molecule has 0 bridgehead atoms. The van der Waals surface area contributed by atoms with Crippen LogP contribution in [0.15, 0.2) is 60.1 Å². The highest BCUT2D eigenvalue weighted by Gasteiger charge is 1.97. The van der Waals surface area contributed by atoms with E-state index in [1.54, 1.807) is 6.08 Å². The number of rotatable bonds is 7. The summed E-state index contributed by atoms with van der Waals surface area (Å²) in [5, 5.41) is 2.59. The summed E-state index contributed by atoms with van der Waals surface area (Å²) in [6.45, 7) is 5.55. The zero-order valence-electron chi connectivity index (χ0n) is 11.1. The van der Waals surface area contributed by atoms with E-state index < -0.39 is 0 Å². The quantitative estimate of drug-likeness (QED) is 0.419. The van der Waals surface area contributed by atoms with Gasteiger partial charge in [-0.15, -0.1) is 6.58 Å². The first-order chi connectivity index (χ1) is 9.42. The predicted molar refractivity (Wildman–Crippen MR) is 82.0 cm³/mol. The van der Waals surface area contributed by atoms with Crippen molar-refractivity contribution in [1.82, 2.24) is 0 Å². The number of benzene rings is 2. The van der Waals surface area contributed by atoms with E-state index >= 15 is 0 Å². The van der Waals surface area contributed by atoms with Gasteiger partial charge in [0.25, 0.3) is 0 Å². The van der Waals surface area contributed by atoms with E-state index in [1.807, 2.05) is 6.21 Å². The van der Waals surface area contributed by atoms with Crippen LogP contribution in [0.1, 0.15) is 5.56 Å². The van der Waals surface area contributed by atoms with Crippen LogP contribution < -0.4 is 0 Å². The van der Waals surface area contributed by atoms with Gasteiger partial charge in [0.2, 0.25) is 0 Å². The van der Waals surface area contributed by atoms with Gasteiger partial charge in [-0.2, -0.15) is 0 Å². The van der Waals surface area contributed by atoms with E-state index in [0.717, 1.165) is 6.42 Å². The van der Waals surface area contributed by atoms with Crippen molar-refractivity contribution in [2.45, 2.75) is 6.42 Å². The predicted octanol–water partition coefficient (Wildman–Crippen LogP) is 3.66. The second-order valence-corrected chi connectivity index (χ2v) is 4.29. The lowest BCUT2D eigenvalue weighted by Gasteiger charge is -2.03. The van der Waals surface area contributed by atoms with Crippen LogP contribution in [0.4, 0.5) is 0 Å². The molecule has 0 saturated carbocycles. The Hall–Kier alpha value is -1.93.